The van der Waals surface area contributed by atoms with E-state index in [2.05, 4.69) is 4.72 Å². The first kappa shape index (κ1) is 18.1. The topological polar surface area (TPSA) is 97.5 Å². The third kappa shape index (κ3) is 3.99. The predicted molar refractivity (Wildman–Crippen MR) is 90.1 cm³/mol. The summed E-state index contributed by atoms with van der Waals surface area (Å²) in [6, 6.07) is 8.64. The highest BCUT2D eigenvalue weighted by atomic mass is 32.2. The Bertz CT molecular complexity index is 830. The summed E-state index contributed by atoms with van der Waals surface area (Å²) in [5.41, 5.74) is 0.700. The molecule has 0 amide bonds. The Labute approximate surface area is 140 Å². The molecule has 0 aliphatic heterocycles. The van der Waals surface area contributed by atoms with Gasteiger partial charge in [0.15, 0.2) is 0 Å². The first-order valence-corrected chi connectivity index (χ1v) is 8.72. The van der Waals surface area contributed by atoms with Crippen LogP contribution in [0.15, 0.2) is 47.5 Å². The number of benzene rings is 1. The number of sulfonamides is 1. The molecule has 0 radical (unpaired) electrons. The van der Waals surface area contributed by atoms with Crippen LogP contribution in [0.5, 0.6) is 0 Å². The van der Waals surface area contributed by atoms with Gasteiger partial charge in [-0.05, 0) is 32.3 Å². The Morgan fingerprint density at radius 2 is 2.00 bits per heavy atom. The molecule has 1 N–H and O–H groups in total. The van der Waals surface area contributed by atoms with Gasteiger partial charge in [0, 0.05) is 37.6 Å². The molecule has 0 spiro atoms. The maximum absolute atomic E-state index is 12.4. The quantitative estimate of drug-likeness (QED) is 0.602. The van der Waals surface area contributed by atoms with Gasteiger partial charge in [-0.3, -0.25) is 15.0 Å². The molecule has 1 atom stereocenters. The fourth-order valence-corrected chi connectivity index (χ4v) is 3.49. The Morgan fingerprint density at radius 3 is 2.54 bits per heavy atom. The zero-order valence-corrected chi connectivity index (χ0v) is 14.5. The average Bonchev–Trinajstić information content (AvgIpc) is 2.93. The van der Waals surface area contributed by atoms with E-state index in [1.165, 1.54) is 18.2 Å². The van der Waals surface area contributed by atoms with Crippen molar-refractivity contribution in [1.29, 1.82) is 0 Å². The normalized spacial score (nSPS) is 13.2. The summed E-state index contributed by atoms with van der Waals surface area (Å²) >= 11 is 0. The number of nitro groups is 1. The second-order valence-corrected chi connectivity index (χ2v) is 7.40. The molecule has 9 heteroatoms. The van der Waals surface area contributed by atoms with Crippen molar-refractivity contribution in [3.8, 4) is 0 Å². The van der Waals surface area contributed by atoms with Gasteiger partial charge >= 0.3 is 0 Å². The van der Waals surface area contributed by atoms with Gasteiger partial charge in [0.05, 0.1) is 15.9 Å². The minimum Gasteiger partial charge on any atom is -0.353 e. The van der Waals surface area contributed by atoms with Crippen molar-refractivity contribution in [2.24, 2.45) is 7.05 Å². The van der Waals surface area contributed by atoms with Gasteiger partial charge in [-0.25, -0.2) is 13.1 Å². The van der Waals surface area contributed by atoms with E-state index in [-0.39, 0.29) is 23.2 Å². The smallest absolute Gasteiger partial charge is 0.270 e. The first-order valence-electron chi connectivity index (χ1n) is 7.24. The third-order valence-electron chi connectivity index (χ3n) is 3.75. The third-order valence-corrected chi connectivity index (χ3v) is 5.18. The Hall–Kier alpha value is -2.23. The Morgan fingerprint density at radius 1 is 1.29 bits per heavy atom. The lowest BCUT2D eigenvalue weighted by Crippen LogP contribution is -2.35. The van der Waals surface area contributed by atoms with Crippen molar-refractivity contribution in [3.63, 3.8) is 0 Å². The number of likely N-dealkylation sites (N-methyl/N-ethyl adjacent to an activating group) is 1. The number of aryl methyl sites for hydroxylation is 1. The molecule has 0 aliphatic carbocycles. The number of nitrogens with zero attached hydrogens (tertiary/aromatic N) is 3. The number of aromatic nitrogens is 1. The van der Waals surface area contributed by atoms with Crippen LogP contribution in [0.1, 0.15) is 11.7 Å². The van der Waals surface area contributed by atoms with Crippen LogP contribution >= 0.6 is 0 Å². The Kier molecular flexibility index (Phi) is 5.37. The average molecular weight is 352 g/mol. The summed E-state index contributed by atoms with van der Waals surface area (Å²) in [6.45, 7) is 0.149. The predicted octanol–water partition coefficient (Wildman–Crippen LogP) is 1.51. The van der Waals surface area contributed by atoms with Crippen LogP contribution < -0.4 is 4.72 Å². The van der Waals surface area contributed by atoms with E-state index in [1.807, 2.05) is 48.9 Å². The maximum Gasteiger partial charge on any atom is 0.270 e. The van der Waals surface area contributed by atoms with E-state index in [1.54, 1.807) is 0 Å². The van der Waals surface area contributed by atoms with Crippen molar-refractivity contribution < 1.29 is 13.3 Å². The van der Waals surface area contributed by atoms with Crippen molar-refractivity contribution in [2.75, 3.05) is 20.6 Å². The molecule has 2 rings (SSSR count). The van der Waals surface area contributed by atoms with Crippen LogP contribution in [0.25, 0.3) is 0 Å². The fraction of sp³-hybridized carbons (Fsp3) is 0.333. The summed E-state index contributed by atoms with van der Waals surface area (Å²) in [7, 11) is 1.77. The lowest BCUT2D eigenvalue weighted by Gasteiger charge is -2.25. The molecule has 8 nitrogen and oxygen atoms in total. The summed E-state index contributed by atoms with van der Waals surface area (Å²) in [6.07, 6.45) is 1.89. The minimum absolute atomic E-state index is 0.124. The summed E-state index contributed by atoms with van der Waals surface area (Å²) < 4.78 is 29.3. The molecule has 24 heavy (non-hydrogen) atoms. The molecule has 0 fully saturated rings. The van der Waals surface area contributed by atoms with Crippen LogP contribution in [0.4, 0.5) is 5.69 Å². The SMILES string of the molecule is CN(C)C(CNS(=O)(=O)c1cccc([N+](=O)[O-])c1)c1cccn1C. The number of rotatable bonds is 7. The van der Waals surface area contributed by atoms with Crippen LogP contribution in [0.2, 0.25) is 0 Å². The first-order chi connectivity index (χ1) is 11.2. The minimum atomic E-state index is -3.84. The van der Waals surface area contributed by atoms with E-state index >= 15 is 0 Å². The summed E-state index contributed by atoms with van der Waals surface area (Å²) in [4.78, 5) is 12.0. The Balaban J connectivity index is 2.21. The molecule has 1 aromatic carbocycles. The molecule has 1 heterocycles. The second kappa shape index (κ2) is 7.12. The monoisotopic (exact) mass is 352 g/mol. The van der Waals surface area contributed by atoms with Crippen LogP contribution in [-0.2, 0) is 17.1 Å². The van der Waals surface area contributed by atoms with E-state index < -0.39 is 14.9 Å². The molecule has 0 aliphatic rings. The van der Waals surface area contributed by atoms with Crippen LogP contribution in [-0.4, -0.2) is 43.4 Å². The number of nitrogens with one attached hydrogen (secondary N) is 1. The highest BCUT2D eigenvalue weighted by Gasteiger charge is 2.22. The molecule has 2 aromatic rings. The number of hydrogen-bond acceptors (Lipinski definition) is 5. The van der Waals surface area contributed by atoms with Gasteiger partial charge in [-0.15, -0.1) is 0 Å². The van der Waals surface area contributed by atoms with E-state index in [9.17, 15) is 18.5 Å². The van der Waals surface area contributed by atoms with Crippen molar-refractivity contribution >= 4 is 15.7 Å². The lowest BCUT2D eigenvalue weighted by atomic mass is 10.2. The molecule has 0 saturated heterocycles. The highest BCUT2D eigenvalue weighted by molar-refractivity contribution is 7.89. The second-order valence-electron chi connectivity index (χ2n) is 5.63. The molecule has 130 valence electrons. The van der Waals surface area contributed by atoms with Gasteiger partial charge in [0.25, 0.3) is 5.69 Å². The van der Waals surface area contributed by atoms with Crippen molar-refractivity contribution in [3.05, 3.63) is 58.4 Å². The van der Waals surface area contributed by atoms with E-state index in [4.69, 9.17) is 0 Å². The number of non-ortho nitro benzene ring substituents is 1. The molecule has 1 aromatic heterocycles. The summed E-state index contributed by atoms with van der Waals surface area (Å²) in [5.74, 6) is 0. The molecular formula is C15H20N4O4S. The molecule has 0 bridgehead atoms. The molecular weight excluding hydrogens is 332 g/mol. The number of nitro benzene ring substituents is 1. The van der Waals surface area contributed by atoms with E-state index in [0.717, 1.165) is 11.8 Å². The number of hydrogen-bond donors (Lipinski definition) is 1. The lowest BCUT2D eigenvalue weighted by molar-refractivity contribution is -0.385. The van der Waals surface area contributed by atoms with Gasteiger partial charge in [-0.1, -0.05) is 6.07 Å². The molecule has 1 unspecified atom stereocenters. The highest BCUT2D eigenvalue weighted by Crippen LogP contribution is 2.20. The van der Waals surface area contributed by atoms with Crippen LogP contribution in [0.3, 0.4) is 0 Å². The largest absolute Gasteiger partial charge is 0.353 e. The van der Waals surface area contributed by atoms with Gasteiger partial charge < -0.3 is 4.57 Å². The standard InChI is InChI=1S/C15H20N4O4S/c1-17(2)15(14-8-5-9-18(14)3)11-16-24(22,23)13-7-4-6-12(10-13)19(20)21/h4-10,15-16H,11H2,1-3H3. The zero-order valence-electron chi connectivity index (χ0n) is 13.7. The van der Waals surface area contributed by atoms with Crippen molar-refractivity contribution in [2.45, 2.75) is 10.9 Å². The van der Waals surface area contributed by atoms with Gasteiger partial charge in [-0.2, -0.15) is 0 Å². The van der Waals surface area contributed by atoms with Gasteiger partial charge in [0.1, 0.15) is 0 Å². The maximum atomic E-state index is 12.4. The van der Waals surface area contributed by atoms with E-state index in [0.29, 0.717) is 0 Å². The molecule has 0 saturated carbocycles. The van der Waals surface area contributed by atoms with Gasteiger partial charge in [0.2, 0.25) is 10.0 Å². The van der Waals surface area contributed by atoms with Crippen molar-refractivity contribution in [1.82, 2.24) is 14.2 Å². The fourth-order valence-electron chi connectivity index (χ4n) is 2.41. The summed E-state index contributed by atoms with van der Waals surface area (Å²) in [5, 5.41) is 10.8. The van der Waals surface area contributed by atoms with Crippen LogP contribution in [0, 0.1) is 10.1 Å². The zero-order chi connectivity index (χ0) is 17.9.